The third-order valence-electron chi connectivity index (χ3n) is 3.61. The number of nitro groups is 1. The second kappa shape index (κ2) is 8.97. The van der Waals surface area contributed by atoms with Crippen LogP contribution in [0.3, 0.4) is 0 Å². The zero-order chi connectivity index (χ0) is 20.1. The molecule has 0 radical (unpaired) electrons. The summed E-state index contributed by atoms with van der Waals surface area (Å²) < 4.78 is 0. The van der Waals surface area contributed by atoms with E-state index in [9.17, 15) is 14.9 Å². The molecule has 0 aliphatic heterocycles. The minimum absolute atomic E-state index is 0.0218. The molecular formula is C19H13Cl2N3O3S. The lowest BCUT2D eigenvalue weighted by Gasteiger charge is -2.12. The highest BCUT2D eigenvalue weighted by atomic mass is 35.5. The number of benzene rings is 3. The Hall–Kier alpha value is -2.74. The molecule has 0 saturated heterocycles. The van der Waals surface area contributed by atoms with Crippen molar-refractivity contribution in [1.29, 1.82) is 0 Å². The average Bonchev–Trinajstić information content (AvgIpc) is 2.67. The summed E-state index contributed by atoms with van der Waals surface area (Å²) in [5.74, 6) is 0. The summed E-state index contributed by atoms with van der Waals surface area (Å²) in [6, 6.07) is 17.9. The predicted octanol–water partition coefficient (Wildman–Crippen LogP) is 6.70. The number of anilines is 2. The number of rotatable bonds is 5. The molecule has 9 heteroatoms. The van der Waals surface area contributed by atoms with Crippen molar-refractivity contribution in [1.82, 2.24) is 0 Å². The smallest absolute Gasteiger partial charge is 0.307 e. The molecule has 2 amide bonds. The van der Waals surface area contributed by atoms with Gasteiger partial charge in [0, 0.05) is 21.9 Å². The molecule has 0 bridgehead atoms. The van der Waals surface area contributed by atoms with Gasteiger partial charge in [0.1, 0.15) is 0 Å². The fraction of sp³-hybridized carbons (Fsp3) is 0. The minimum atomic E-state index is -0.471. The third-order valence-corrected chi connectivity index (χ3v) is 5.51. The van der Waals surface area contributed by atoms with Gasteiger partial charge in [-0.3, -0.25) is 10.1 Å². The molecule has 3 rings (SSSR count). The highest BCUT2D eigenvalue weighted by Gasteiger charge is 2.12. The molecule has 3 aromatic rings. The Morgan fingerprint density at radius 1 is 0.893 bits per heavy atom. The normalized spacial score (nSPS) is 10.4. The van der Waals surface area contributed by atoms with Gasteiger partial charge in [0.15, 0.2) is 0 Å². The topological polar surface area (TPSA) is 84.3 Å². The van der Waals surface area contributed by atoms with Crippen LogP contribution in [0.15, 0.2) is 76.5 Å². The van der Waals surface area contributed by atoms with Gasteiger partial charge in [-0.25, -0.2) is 4.79 Å². The van der Waals surface area contributed by atoms with Crippen molar-refractivity contribution in [3.63, 3.8) is 0 Å². The fourth-order valence-electron chi connectivity index (χ4n) is 2.30. The van der Waals surface area contributed by atoms with Crippen LogP contribution in [0.2, 0.25) is 10.0 Å². The van der Waals surface area contributed by atoms with E-state index in [1.807, 2.05) is 12.1 Å². The number of carbonyl (C=O) groups excluding carboxylic acids is 1. The maximum Gasteiger partial charge on any atom is 0.323 e. The van der Waals surface area contributed by atoms with Gasteiger partial charge < -0.3 is 10.6 Å². The third kappa shape index (κ3) is 4.95. The maximum atomic E-state index is 12.4. The van der Waals surface area contributed by atoms with Crippen molar-refractivity contribution in [2.45, 2.75) is 9.79 Å². The lowest BCUT2D eigenvalue weighted by atomic mass is 10.3. The number of nitrogens with one attached hydrogen (secondary N) is 2. The summed E-state index contributed by atoms with van der Waals surface area (Å²) in [7, 11) is 0. The van der Waals surface area contributed by atoms with Crippen molar-refractivity contribution in [2.24, 2.45) is 0 Å². The zero-order valence-corrected chi connectivity index (χ0v) is 16.5. The van der Waals surface area contributed by atoms with E-state index in [0.29, 0.717) is 16.4 Å². The second-order valence-corrected chi connectivity index (χ2v) is 7.43. The van der Waals surface area contributed by atoms with Gasteiger partial charge in [0.05, 0.1) is 26.3 Å². The number of amides is 2. The van der Waals surface area contributed by atoms with Crippen molar-refractivity contribution < 1.29 is 9.72 Å². The van der Waals surface area contributed by atoms with Gasteiger partial charge in [-0.05, 0) is 36.4 Å². The highest BCUT2D eigenvalue weighted by molar-refractivity contribution is 7.99. The molecule has 3 aromatic carbocycles. The standard InChI is InChI=1S/C19H13Cl2N3O3S/c20-14-4-3-6-16(18(14)21)23-19(25)22-15-5-1-2-7-17(15)28-13-10-8-12(9-11-13)24(26)27/h1-11H,(H2,22,23,25). The first-order valence-electron chi connectivity index (χ1n) is 7.97. The number of nitro benzene ring substituents is 1. The summed E-state index contributed by atoms with van der Waals surface area (Å²) in [6.45, 7) is 0. The number of carbonyl (C=O) groups is 1. The monoisotopic (exact) mass is 433 g/mol. The lowest BCUT2D eigenvalue weighted by molar-refractivity contribution is -0.384. The van der Waals surface area contributed by atoms with E-state index in [2.05, 4.69) is 10.6 Å². The number of halogens is 2. The highest BCUT2D eigenvalue weighted by Crippen LogP contribution is 2.34. The van der Waals surface area contributed by atoms with E-state index in [1.165, 1.54) is 23.9 Å². The van der Waals surface area contributed by atoms with E-state index < -0.39 is 11.0 Å². The fourth-order valence-corrected chi connectivity index (χ4v) is 3.55. The first-order valence-corrected chi connectivity index (χ1v) is 9.54. The molecular weight excluding hydrogens is 421 g/mol. The number of non-ortho nitro benzene ring substituents is 1. The van der Waals surface area contributed by atoms with Crippen LogP contribution in [0.25, 0.3) is 0 Å². The predicted molar refractivity (Wildman–Crippen MR) is 113 cm³/mol. The molecule has 0 spiro atoms. The van der Waals surface area contributed by atoms with Crippen LogP contribution in [0, 0.1) is 10.1 Å². The Kier molecular flexibility index (Phi) is 6.41. The van der Waals surface area contributed by atoms with Crippen LogP contribution in [0.1, 0.15) is 0 Å². The second-order valence-electron chi connectivity index (χ2n) is 5.53. The van der Waals surface area contributed by atoms with Crippen molar-refractivity contribution in [2.75, 3.05) is 10.6 Å². The van der Waals surface area contributed by atoms with Gasteiger partial charge in [-0.2, -0.15) is 0 Å². The number of nitrogens with zero attached hydrogens (tertiary/aromatic N) is 1. The van der Waals surface area contributed by atoms with Crippen molar-refractivity contribution in [3.8, 4) is 0 Å². The van der Waals surface area contributed by atoms with Crippen LogP contribution in [0.5, 0.6) is 0 Å². The molecule has 0 aliphatic carbocycles. The van der Waals surface area contributed by atoms with E-state index in [4.69, 9.17) is 23.2 Å². The molecule has 0 atom stereocenters. The Balaban J connectivity index is 1.73. The van der Waals surface area contributed by atoms with Crippen LogP contribution < -0.4 is 10.6 Å². The molecule has 0 unspecified atom stereocenters. The Labute approximate surface area is 175 Å². The van der Waals surface area contributed by atoms with E-state index in [0.717, 1.165) is 9.79 Å². The van der Waals surface area contributed by atoms with Gasteiger partial charge in [0.2, 0.25) is 0 Å². The van der Waals surface area contributed by atoms with E-state index in [1.54, 1.807) is 42.5 Å². The zero-order valence-electron chi connectivity index (χ0n) is 14.2. The SMILES string of the molecule is O=C(Nc1ccccc1Sc1ccc([N+](=O)[O-])cc1)Nc1cccc(Cl)c1Cl. The Bertz CT molecular complexity index is 1030. The summed E-state index contributed by atoms with van der Waals surface area (Å²) in [6.07, 6.45) is 0. The van der Waals surface area contributed by atoms with Crippen molar-refractivity contribution >= 4 is 58.1 Å². The van der Waals surface area contributed by atoms with Gasteiger partial charge in [0.25, 0.3) is 5.69 Å². The quantitative estimate of drug-likeness (QED) is 0.346. The van der Waals surface area contributed by atoms with Crippen LogP contribution in [-0.2, 0) is 0 Å². The molecule has 28 heavy (non-hydrogen) atoms. The van der Waals surface area contributed by atoms with Gasteiger partial charge >= 0.3 is 6.03 Å². The number of hydrogen-bond donors (Lipinski definition) is 2. The molecule has 0 aromatic heterocycles. The maximum absolute atomic E-state index is 12.4. The van der Waals surface area contributed by atoms with Crippen molar-refractivity contribution in [3.05, 3.63) is 86.9 Å². The lowest BCUT2D eigenvalue weighted by Crippen LogP contribution is -2.20. The summed E-state index contributed by atoms with van der Waals surface area (Å²) >= 11 is 13.4. The first kappa shape index (κ1) is 20.0. The molecule has 142 valence electrons. The Morgan fingerprint density at radius 2 is 1.54 bits per heavy atom. The molecule has 0 saturated carbocycles. The molecule has 0 heterocycles. The molecule has 6 nitrogen and oxygen atoms in total. The summed E-state index contributed by atoms with van der Waals surface area (Å²) in [4.78, 5) is 24.3. The van der Waals surface area contributed by atoms with E-state index >= 15 is 0 Å². The van der Waals surface area contributed by atoms with Crippen LogP contribution in [-0.4, -0.2) is 11.0 Å². The molecule has 0 fully saturated rings. The van der Waals surface area contributed by atoms with Crippen LogP contribution >= 0.6 is 35.0 Å². The Morgan fingerprint density at radius 3 is 2.25 bits per heavy atom. The first-order chi connectivity index (χ1) is 13.4. The van der Waals surface area contributed by atoms with Gasteiger partial charge in [-0.15, -0.1) is 0 Å². The largest absolute Gasteiger partial charge is 0.323 e. The molecule has 0 aliphatic rings. The summed E-state index contributed by atoms with van der Waals surface area (Å²) in [5, 5.41) is 16.8. The summed E-state index contributed by atoms with van der Waals surface area (Å²) in [5.41, 5.74) is 1.00. The number of hydrogen-bond acceptors (Lipinski definition) is 4. The number of urea groups is 1. The van der Waals surface area contributed by atoms with E-state index in [-0.39, 0.29) is 10.7 Å². The van der Waals surface area contributed by atoms with Crippen LogP contribution in [0.4, 0.5) is 21.9 Å². The van der Waals surface area contributed by atoms with Gasteiger partial charge in [-0.1, -0.05) is 53.2 Å². The number of para-hydroxylation sites is 1. The minimum Gasteiger partial charge on any atom is -0.307 e. The molecule has 2 N–H and O–H groups in total. The average molecular weight is 434 g/mol.